The van der Waals surface area contributed by atoms with Gasteiger partial charge in [0.2, 0.25) is 0 Å². The molecular weight excluding hydrogens is 140 g/mol. The third-order valence-corrected chi connectivity index (χ3v) is 2.17. The van der Waals surface area contributed by atoms with Gasteiger partial charge in [0, 0.05) is 5.57 Å². The Balaban J connectivity index is 2.53. The quantitative estimate of drug-likeness (QED) is 0.425. The monoisotopic (exact) mass is 154 g/mol. The highest BCUT2D eigenvalue weighted by Gasteiger charge is 2.25. The van der Waals surface area contributed by atoms with Crippen molar-refractivity contribution < 1.29 is 9.53 Å². The van der Waals surface area contributed by atoms with Gasteiger partial charge in [-0.15, -0.1) is 0 Å². The molecule has 2 nitrogen and oxygen atoms in total. The van der Waals surface area contributed by atoms with E-state index < -0.39 is 0 Å². The second kappa shape index (κ2) is 3.07. The normalized spacial score (nSPS) is 25.5. The lowest BCUT2D eigenvalue weighted by Gasteiger charge is -2.25. The van der Waals surface area contributed by atoms with Gasteiger partial charge in [-0.05, 0) is 18.3 Å². The third kappa shape index (κ3) is 1.82. The second-order valence-electron chi connectivity index (χ2n) is 3.41. The number of esters is 1. The van der Waals surface area contributed by atoms with Crippen LogP contribution in [0.3, 0.4) is 0 Å². The SMILES string of the molecule is C=C1C[C@@H](C(C)C)COC1=O. The zero-order valence-electron chi connectivity index (χ0n) is 7.09. The number of rotatable bonds is 1. The van der Waals surface area contributed by atoms with Crippen LogP contribution in [0.2, 0.25) is 0 Å². The van der Waals surface area contributed by atoms with Crippen molar-refractivity contribution in [3.63, 3.8) is 0 Å². The molecule has 0 radical (unpaired) electrons. The van der Waals surface area contributed by atoms with Crippen molar-refractivity contribution in [2.24, 2.45) is 11.8 Å². The van der Waals surface area contributed by atoms with Crippen LogP contribution >= 0.6 is 0 Å². The number of carbonyl (C=O) groups excluding carboxylic acids is 1. The van der Waals surface area contributed by atoms with Crippen LogP contribution < -0.4 is 0 Å². The Morgan fingerprint density at radius 2 is 2.27 bits per heavy atom. The number of hydrogen-bond acceptors (Lipinski definition) is 2. The van der Waals surface area contributed by atoms with Crippen LogP contribution in [0.15, 0.2) is 12.2 Å². The van der Waals surface area contributed by atoms with E-state index in [-0.39, 0.29) is 5.97 Å². The maximum atomic E-state index is 10.8. The first-order chi connectivity index (χ1) is 5.11. The first kappa shape index (κ1) is 8.31. The molecule has 0 aromatic carbocycles. The molecule has 0 unspecified atom stereocenters. The highest BCUT2D eigenvalue weighted by molar-refractivity contribution is 5.88. The molecule has 0 aliphatic carbocycles. The number of cyclic esters (lactones) is 1. The summed E-state index contributed by atoms with van der Waals surface area (Å²) in [5.74, 6) is 0.821. The molecule has 0 N–H and O–H groups in total. The van der Waals surface area contributed by atoms with E-state index in [4.69, 9.17) is 4.74 Å². The number of hydrogen-bond donors (Lipinski definition) is 0. The summed E-state index contributed by atoms with van der Waals surface area (Å²) in [6.45, 7) is 8.49. The summed E-state index contributed by atoms with van der Waals surface area (Å²) in [4.78, 5) is 10.8. The van der Waals surface area contributed by atoms with Gasteiger partial charge in [-0.1, -0.05) is 20.4 Å². The molecule has 0 saturated carbocycles. The molecule has 0 aromatic rings. The van der Waals surface area contributed by atoms with Crippen LogP contribution in [0, 0.1) is 11.8 Å². The third-order valence-electron chi connectivity index (χ3n) is 2.17. The van der Waals surface area contributed by atoms with Crippen LogP contribution in [0.5, 0.6) is 0 Å². The fourth-order valence-corrected chi connectivity index (χ4v) is 1.17. The minimum absolute atomic E-state index is 0.220. The van der Waals surface area contributed by atoms with Gasteiger partial charge in [-0.3, -0.25) is 0 Å². The lowest BCUT2D eigenvalue weighted by atomic mass is 9.89. The van der Waals surface area contributed by atoms with E-state index >= 15 is 0 Å². The van der Waals surface area contributed by atoms with Crippen LogP contribution in [0.1, 0.15) is 20.3 Å². The molecule has 1 fully saturated rings. The van der Waals surface area contributed by atoms with Gasteiger partial charge < -0.3 is 4.74 Å². The molecule has 11 heavy (non-hydrogen) atoms. The van der Waals surface area contributed by atoms with Gasteiger partial charge in [0.1, 0.15) is 0 Å². The summed E-state index contributed by atoms with van der Waals surface area (Å²) in [5.41, 5.74) is 0.620. The van der Waals surface area contributed by atoms with Crippen molar-refractivity contribution in [3.8, 4) is 0 Å². The van der Waals surface area contributed by atoms with Crippen LogP contribution in [0.25, 0.3) is 0 Å². The number of carbonyl (C=O) groups is 1. The first-order valence-electron chi connectivity index (χ1n) is 3.96. The van der Waals surface area contributed by atoms with E-state index in [1.807, 2.05) is 0 Å². The van der Waals surface area contributed by atoms with E-state index in [1.54, 1.807) is 0 Å². The minimum atomic E-state index is -0.220. The maximum absolute atomic E-state index is 10.8. The highest BCUT2D eigenvalue weighted by Crippen LogP contribution is 2.24. The van der Waals surface area contributed by atoms with Crippen molar-refractivity contribution in [2.75, 3.05) is 6.61 Å². The maximum Gasteiger partial charge on any atom is 0.333 e. The van der Waals surface area contributed by atoms with Gasteiger partial charge >= 0.3 is 5.97 Å². The Morgan fingerprint density at radius 3 is 2.73 bits per heavy atom. The molecule has 0 bridgehead atoms. The van der Waals surface area contributed by atoms with Gasteiger partial charge in [-0.2, -0.15) is 0 Å². The van der Waals surface area contributed by atoms with Gasteiger partial charge in [0.05, 0.1) is 6.61 Å². The minimum Gasteiger partial charge on any atom is -0.462 e. The molecule has 1 heterocycles. The fraction of sp³-hybridized carbons (Fsp3) is 0.667. The Bertz CT molecular complexity index is 182. The van der Waals surface area contributed by atoms with E-state index in [0.29, 0.717) is 24.0 Å². The van der Waals surface area contributed by atoms with Crippen LogP contribution in [0.4, 0.5) is 0 Å². The predicted molar refractivity (Wildman–Crippen MR) is 43.0 cm³/mol. The molecule has 1 saturated heterocycles. The Hall–Kier alpha value is -0.790. The topological polar surface area (TPSA) is 26.3 Å². The van der Waals surface area contributed by atoms with Crippen molar-refractivity contribution in [2.45, 2.75) is 20.3 Å². The molecule has 1 aliphatic rings. The molecule has 0 amide bonds. The Morgan fingerprint density at radius 1 is 1.64 bits per heavy atom. The molecule has 1 rings (SSSR count). The average molecular weight is 154 g/mol. The lowest BCUT2D eigenvalue weighted by Crippen LogP contribution is -2.26. The van der Waals surface area contributed by atoms with Gasteiger partial charge in [0.15, 0.2) is 0 Å². The van der Waals surface area contributed by atoms with Crippen molar-refractivity contribution >= 4 is 5.97 Å². The summed E-state index contributed by atoms with van der Waals surface area (Å²) < 4.78 is 4.93. The number of ether oxygens (including phenoxy) is 1. The average Bonchev–Trinajstić information content (AvgIpc) is 1.94. The zero-order chi connectivity index (χ0) is 8.43. The molecule has 1 atom stereocenters. The Kier molecular flexibility index (Phi) is 2.32. The van der Waals surface area contributed by atoms with Crippen LogP contribution in [-0.2, 0) is 9.53 Å². The predicted octanol–water partition coefficient (Wildman–Crippen LogP) is 1.76. The fourth-order valence-electron chi connectivity index (χ4n) is 1.17. The summed E-state index contributed by atoms with van der Waals surface area (Å²) in [6, 6.07) is 0. The summed E-state index contributed by atoms with van der Waals surface area (Å²) in [7, 11) is 0. The standard InChI is InChI=1S/C9H14O2/c1-6(2)8-4-7(3)9(10)11-5-8/h6,8H,3-5H2,1-2H3/t8-/m1/s1. The molecule has 0 aromatic heterocycles. The molecule has 1 aliphatic heterocycles. The zero-order valence-corrected chi connectivity index (χ0v) is 7.09. The molecule has 0 spiro atoms. The van der Waals surface area contributed by atoms with Crippen molar-refractivity contribution in [3.05, 3.63) is 12.2 Å². The van der Waals surface area contributed by atoms with Crippen molar-refractivity contribution in [1.29, 1.82) is 0 Å². The van der Waals surface area contributed by atoms with Gasteiger partial charge in [-0.25, -0.2) is 4.79 Å². The van der Waals surface area contributed by atoms with E-state index in [1.165, 1.54) is 0 Å². The first-order valence-corrected chi connectivity index (χ1v) is 3.96. The molecule has 2 heteroatoms. The van der Waals surface area contributed by atoms with Crippen LogP contribution in [-0.4, -0.2) is 12.6 Å². The van der Waals surface area contributed by atoms with E-state index in [9.17, 15) is 4.79 Å². The summed E-state index contributed by atoms with van der Waals surface area (Å²) >= 11 is 0. The molecular formula is C9H14O2. The Labute approximate surface area is 67.2 Å². The van der Waals surface area contributed by atoms with Gasteiger partial charge in [0.25, 0.3) is 0 Å². The summed E-state index contributed by atoms with van der Waals surface area (Å²) in [5, 5.41) is 0. The summed E-state index contributed by atoms with van der Waals surface area (Å²) in [6.07, 6.45) is 0.802. The smallest absolute Gasteiger partial charge is 0.333 e. The highest BCUT2D eigenvalue weighted by atomic mass is 16.5. The van der Waals surface area contributed by atoms with E-state index in [2.05, 4.69) is 20.4 Å². The largest absolute Gasteiger partial charge is 0.462 e. The lowest BCUT2D eigenvalue weighted by molar-refractivity contribution is -0.144. The molecule has 62 valence electrons. The van der Waals surface area contributed by atoms with Crippen molar-refractivity contribution in [1.82, 2.24) is 0 Å². The second-order valence-corrected chi connectivity index (χ2v) is 3.41. The van der Waals surface area contributed by atoms with E-state index in [0.717, 1.165) is 6.42 Å².